The maximum atomic E-state index is 12.6. The SMILES string of the molecule is CCn1cc(S(=O)(=O)N(C)CCc2ccncc2)cc1C(=O)O. The van der Waals surface area contributed by atoms with E-state index in [0.29, 0.717) is 19.5 Å². The number of rotatable bonds is 7. The molecule has 23 heavy (non-hydrogen) atoms. The van der Waals surface area contributed by atoms with Crippen LogP contribution in [-0.4, -0.2) is 46.9 Å². The van der Waals surface area contributed by atoms with Crippen LogP contribution < -0.4 is 0 Å². The van der Waals surface area contributed by atoms with Crippen molar-refractivity contribution in [3.63, 3.8) is 0 Å². The lowest BCUT2D eigenvalue weighted by molar-refractivity contribution is 0.0685. The number of sulfonamides is 1. The average Bonchev–Trinajstić information content (AvgIpc) is 2.99. The van der Waals surface area contributed by atoms with E-state index in [9.17, 15) is 13.2 Å². The molecule has 1 N–H and O–H groups in total. The number of hydrogen-bond donors (Lipinski definition) is 1. The molecule has 7 nitrogen and oxygen atoms in total. The summed E-state index contributed by atoms with van der Waals surface area (Å²) in [7, 11) is -2.23. The second-order valence-electron chi connectivity index (χ2n) is 5.08. The molecule has 0 aliphatic rings. The van der Waals surface area contributed by atoms with Gasteiger partial charge in [-0.2, -0.15) is 0 Å². The predicted molar refractivity (Wildman–Crippen MR) is 84.8 cm³/mol. The van der Waals surface area contributed by atoms with Gasteiger partial charge < -0.3 is 9.67 Å². The molecule has 0 aromatic carbocycles. The van der Waals surface area contributed by atoms with Gasteiger partial charge in [-0.1, -0.05) is 0 Å². The number of aromatic carboxylic acids is 1. The molecule has 8 heteroatoms. The van der Waals surface area contributed by atoms with Crippen LogP contribution >= 0.6 is 0 Å². The lowest BCUT2D eigenvalue weighted by atomic mass is 10.2. The van der Waals surface area contributed by atoms with Gasteiger partial charge in [-0.15, -0.1) is 0 Å². The van der Waals surface area contributed by atoms with E-state index in [4.69, 9.17) is 5.11 Å². The van der Waals surface area contributed by atoms with E-state index in [2.05, 4.69) is 4.98 Å². The topological polar surface area (TPSA) is 92.5 Å². The van der Waals surface area contributed by atoms with Crippen LogP contribution in [0.4, 0.5) is 0 Å². The summed E-state index contributed by atoms with van der Waals surface area (Å²) >= 11 is 0. The first-order valence-corrected chi connectivity index (χ1v) is 8.59. The summed E-state index contributed by atoms with van der Waals surface area (Å²) in [4.78, 5) is 15.1. The summed E-state index contributed by atoms with van der Waals surface area (Å²) in [5.41, 5.74) is 0.952. The zero-order valence-corrected chi connectivity index (χ0v) is 13.8. The molecule has 0 aliphatic carbocycles. The smallest absolute Gasteiger partial charge is 0.352 e. The lowest BCUT2D eigenvalue weighted by Crippen LogP contribution is -2.28. The van der Waals surface area contributed by atoms with Crippen LogP contribution in [0.15, 0.2) is 41.7 Å². The zero-order valence-electron chi connectivity index (χ0n) is 13.0. The Morgan fingerprint density at radius 2 is 2.00 bits per heavy atom. The molecular weight excluding hydrogens is 318 g/mol. The number of carboxylic acids is 1. The standard InChI is InChI=1S/C15H19N3O4S/c1-3-18-11-13(10-14(18)15(19)20)23(21,22)17(2)9-6-12-4-7-16-8-5-12/h4-5,7-8,10-11H,3,6,9H2,1-2H3,(H,19,20). The van der Waals surface area contributed by atoms with Gasteiger partial charge in [-0.25, -0.2) is 17.5 Å². The Morgan fingerprint density at radius 3 is 2.52 bits per heavy atom. The molecule has 0 bridgehead atoms. The van der Waals surface area contributed by atoms with Gasteiger partial charge in [0.2, 0.25) is 10.0 Å². The Hall–Kier alpha value is -2.19. The Bertz CT molecular complexity index is 784. The van der Waals surface area contributed by atoms with Gasteiger partial charge in [0.05, 0.1) is 0 Å². The molecule has 2 rings (SSSR count). The number of aromatic nitrogens is 2. The molecule has 124 valence electrons. The molecule has 2 aromatic rings. The fraction of sp³-hybridized carbons (Fsp3) is 0.333. The normalized spacial score (nSPS) is 11.8. The minimum absolute atomic E-state index is 0.00558. The van der Waals surface area contributed by atoms with Crippen LogP contribution in [0, 0.1) is 0 Å². The van der Waals surface area contributed by atoms with Crippen molar-refractivity contribution in [1.29, 1.82) is 0 Å². The highest BCUT2D eigenvalue weighted by Gasteiger charge is 2.24. The molecule has 0 fully saturated rings. The monoisotopic (exact) mass is 337 g/mol. The second kappa shape index (κ2) is 6.93. The van der Waals surface area contributed by atoms with Crippen molar-refractivity contribution < 1.29 is 18.3 Å². The highest BCUT2D eigenvalue weighted by atomic mass is 32.2. The number of carboxylic acid groups (broad SMARTS) is 1. The highest BCUT2D eigenvalue weighted by molar-refractivity contribution is 7.89. The van der Waals surface area contributed by atoms with E-state index < -0.39 is 16.0 Å². The first kappa shape index (κ1) is 17.2. The fourth-order valence-corrected chi connectivity index (χ4v) is 3.41. The summed E-state index contributed by atoms with van der Waals surface area (Å²) in [6.45, 7) is 2.44. The Morgan fingerprint density at radius 1 is 1.35 bits per heavy atom. The summed E-state index contributed by atoms with van der Waals surface area (Å²) in [6.07, 6.45) is 5.23. The van der Waals surface area contributed by atoms with Crippen LogP contribution in [0.2, 0.25) is 0 Å². The molecule has 0 radical (unpaired) electrons. The average molecular weight is 337 g/mol. The van der Waals surface area contributed by atoms with Gasteiger partial charge in [0.25, 0.3) is 0 Å². The fourth-order valence-electron chi connectivity index (χ4n) is 2.20. The Balaban J connectivity index is 2.18. The van der Waals surface area contributed by atoms with Crippen molar-refractivity contribution in [3.05, 3.63) is 48.0 Å². The van der Waals surface area contributed by atoms with Gasteiger partial charge in [0, 0.05) is 38.7 Å². The van der Waals surface area contributed by atoms with Gasteiger partial charge in [0.1, 0.15) is 10.6 Å². The zero-order chi connectivity index (χ0) is 17.0. The van der Waals surface area contributed by atoms with Crippen LogP contribution in [0.25, 0.3) is 0 Å². The lowest BCUT2D eigenvalue weighted by Gasteiger charge is -2.16. The molecular formula is C15H19N3O4S. The molecule has 2 heterocycles. The first-order chi connectivity index (χ1) is 10.9. The van der Waals surface area contributed by atoms with E-state index in [1.54, 1.807) is 19.3 Å². The van der Waals surface area contributed by atoms with Gasteiger partial charge >= 0.3 is 5.97 Å². The van der Waals surface area contributed by atoms with Crippen LogP contribution in [-0.2, 0) is 23.0 Å². The van der Waals surface area contributed by atoms with E-state index in [1.165, 1.54) is 28.2 Å². The second-order valence-corrected chi connectivity index (χ2v) is 7.13. The summed E-state index contributed by atoms with van der Waals surface area (Å²) in [5.74, 6) is -1.15. The minimum Gasteiger partial charge on any atom is -0.477 e. The van der Waals surface area contributed by atoms with Gasteiger partial charge in [-0.3, -0.25) is 4.98 Å². The molecule has 0 saturated carbocycles. The molecule has 0 amide bonds. The number of carbonyl (C=O) groups is 1. The van der Waals surface area contributed by atoms with Gasteiger partial charge in [-0.05, 0) is 37.1 Å². The third-order valence-electron chi connectivity index (χ3n) is 3.60. The Kier molecular flexibility index (Phi) is 5.17. The summed E-state index contributed by atoms with van der Waals surface area (Å²) in [5, 5.41) is 9.13. The molecule has 0 aliphatic heterocycles. The number of pyridine rings is 1. The van der Waals surface area contributed by atoms with Crippen molar-refractivity contribution in [2.24, 2.45) is 0 Å². The van der Waals surface area contributed by atoms with Crippen LogP contribution in [0.3, 0.4) is 0 Å². The van der Waals surface area contributed by atoms with Crippen molar-refractivity contribution >= 4 is 16.0 Å². The third-order valence-corrected chi connectivity index (χ3v) is 5.43. The van der Waals surface area contributed by atoms with E-state index in [1.807, 2.05) is 12.1 Å². The van der Waals surface area contributed by atoms with Crippen molar-refractivity contribution in [2.75, 3.05) is 13.6 Å². The van der Waals surface area contributed by atoms with Crippen LogP contribution in [0.1, 0.15) is 23.0 Å². The molecule has 0 unspecified atom stereocenters. The van der Waals surface area contributed by atoms with Crippen molar-refractivity contribution in [1.82, 2.24) is 13.9 Å². The first-order valence-electron chi connectivity index (χ1n) is 7.15. The molecule has 0 spiro atoms. The van der Waals surface area contributed by atoms with Crippen molar-refractivity contribution in [3.8, 4) is 0 Å². The van der Waals surface area contributed by atoms with E-state index in [0.717, 1.165) is 5.56 Å². The predicted octanol–water partition coefficient (Wildman–Crippen LogP) is 1.46. The highest BCUT2D eigenvalue weighted by Crippen LogP contribution is 2.19. The van der Waals surface area contributed by atoms with E-state index >= 15 is 0 Å². The number of aryl methyl sites for hydroxylation is 1. The van der Waals surface area contributed by atoms with E-state index in [-0.39, 0.29) is 10.6 Å². The largest absolute Gasteiger partial charge is 0.477 e. The summed E-state index contributed by atoms with van der Waals surface area (Å²) in [6, 6.07) is 4.86. The molecule has 2 aromatic heterocycles. The third kappa shape index (κ3) is 3.77. The van der Waals surface area contributed by atoms with Crippen molar-refractivity contribution in [2.45, 2.75) is 24.8 Å². The van der Waals surface area contributed by atoms with Crippen LogP contribution in [0.5, 0.6) is 0 Å². The number of nitrogens with zero attached hydrogens (tertiary/aromatic N) is 3. The number of likely N-dealkylation sites (N-methyl/N-ethyl adjacent to an activating group) is 1. The molecule has 0 saturated heterocycles. The minimum atomic E-state index is -3.72. The number of hydrogen-bond acceptors (Lipinski definition) is 4. The quantitative estimate of drug-likeness (QED) is 0.826. The van der Waals surface area contributed by atoms with Gasteiger partial charge in [0.15, 0.2) is 0 Å². The maximum absolute atomic E-state index is 12.6. The molecule has 0 atom stereocenters. The summed E-state index contributed by atoms with van der Waals surface area (Å²) < 4.78 is 27.8. The maximum Gasteiger partial charge on any atom is 0.352 e. The Labute approximate surface area is 135 Å².